The van der Waals surface area contributed by atoms with Crippen molar-refractivity contribution in [3.05, 3.63) is 77.7 Å². The smallest absolute Gasteiger partial charge is 0.390 e. The van der Waals surface area contributed by atoms with Gasteiger partial charge in [0.05, 0.1) is 10.4 Å². The molecule has 1 unspecified atom stereocenters. The van der Waals surface area contributed by atoms with E-state index in [4.69, 9.17) is 5.73 Å². The number of anilines is 1. The predicted octanol–water partition coefficient (Wildman–Crippen LogP) is 5.44. The fraction of sp³-hybridized carbons (Fsp3) is 0.250. The maximum absolute atomic E-state index is 14.5. The van der Waals surface area contributed by atoms with Crippen LogP contribution in [0.1, 0.15) is 16.8 Å². The molecule has 184 valence electrons. The summed E-state index contributed by atoms with van der Waals surface area (Å²) in [6.07, 6.45) is -0.865. The number of thiazole rings is 1. The van der Waals surface area contributed by atoms with Crippen LogP contribution in [-0.2, 0) is 18.5 Å². The lowest BCUT2D eigenvalue weighted by Crippen LogP contribution is -2.31. The Morgan fingerprint density at radius 1 is 1.00 bits per heavy atom. The number of aliphatic hydroxyl groups is 1. The summed E-state index contributed by atoms with van der Waals surface area (Å²) in [4.78, 5) is 8.28. The van der Waals surface area contributed by atoms with E-state index in [1.807, 2.05) is 0 Å². The number of alkyl halides is 5. The van der Waals surface area contributed by atoms with E-state index in [0.717, 1.165) is 34.2 Å². The highest BCUT2D eigenvalue weighted by Crippen LogP contribution is 2.41. The van der Waals surface area contributed by atoms with Crippen LogP contribution >= 0.6 is 11.3 Å². The van der Waals surface area contributed by atoms with Crippen molar-refractivity contribution in [2.75, 3.05) is 18.5 Å². The number of nitrogens with zero attached hydrogens (tertiary/aromatic N) is 2. The maximum atomic E-state index is 14.5. The van der Waals surface area contributed by atoms with Gasteiger partial charge in [-0.15, -0.1) is 0 Å². The Morgan fingerprint density at radius 3 is 2.43 bits per heavy atom. The molecular formula is C24H21F5N4OS. The molecule has 0 aliphatic carbocycles. The van der Waals surface area contributed by atoms with Crippen LogP contribution in [0.5, 0.6) is 0 Å². The van der Waals surface area contributed by atoms with Crippen molar-refractivity contribution in [1.82, 2.24) is 9.97 Å². The van der Waals surface area contributed by atoms with Gasteiger partial charge in [0.25, 0.3) is 0 Å². The summed E-state index contributed by atoms with van der Waals surface area (Å²) in [6, 6.07) is 11.2. The molecule has 0 aliphatic rings. The first-order valence-electron chi connectivity index (χ1n) is 10.6. The van der Waals surface area contributed by atoms with E-state index in [-0.39, 0.29) is 23.0 Å². The molecular weight excluding hydrogens is 487 g/mol. The standard InChI is InChI=1S/C24H21F5N4OS/c25-23(26,13-34)21-20(16-3-4-17-11-31-8-7-15(17)10-16)35-22(33-21)32-12-19(30)9-14-1-5-18(6-2-14)24(27,28)29/h1-8,10-11,19,34H,9,12-13,30H2,(H,32,33). The normalized spacial score (nSPS) is 13.2. The van der Waals surface area contributed by atoms with Crippen molar-refractivity contribution >= 4 is 27.2 Å². The minimum Gasteiger partial charge on any atom is -0.390 e. The Hall–Kier alpha value is -3.15. The molecule has 0 fully saturated rings. The number of fused-ring (bicyclic) bond motifs is 1. The minimum absolute atomic E-state index is 0.154. The zero-order valence-corrected chi connectivity index (χ0v) is 19.0. The van der Waals surface area contributed by atoms with Gasteiger partial charge in [-0.1, -0.05) is 35.6 Å². The number of aromatic nitrogens is 2. The second kappa shape index (κ2) is 9.84. The third kappa shape index (κ3) is 5.75. The summed E-state index contributed by atoms with van der Waals surface area (Å²) < 4.78 is 67.2. The summed E-state index contributed by atoms with van der Waals surface area (Å²) in [5, 5.41) is 14.1. The highest BCUT2D eigenvalue weighted by Gasteiger charge is 2.37. The molecule has 1 atom stereocenters. The highest BCUT2D eigenvalue weighted by atomic mass is 32.1. The third-order valence-corrected chi connectivity index (χ3v) is 6.43. The second-order valence-electron chi connectivity index (χ2n) is 8.04. The Bertz CT molecular complexity index is 1310. The molecule has 0 spiro atoms. The largest absolute Gasteiger partial charge is 0.416 e. The van der Waals surface area contributed by atoms with E-state index in [1.165, 1.54) is 12.1 Å². The molecule has 11 heteroatoms. The lowest BCUT2D eigenvalue weighted by Gasteiger charge is -2.13. The van der Waals surface area contributed by atoms with Crippen LogP contribution in [0.3, 0.4) is 0 Å². The van der Waals surface area contributed by atoms with Gasteiger partial charge in [0, 0.05) is 30.4 Å². The number of benzene rings is 2. The van der Waals surface area contributed by atoms with Crippen LogP contribution in [0.2, 0.25) is 0 Å². The average Bonchev–Trinajstić information content (AvgIpc) is 3.28. The van der Waals surface area contributed by atoms with Gasteiger partial charge >= 0.3 is 12.1 Å². The van der Waals surface area contributed by atoms with E-state index >= 15 is 0 Å². The minimum atomic E-state index is -4.42. The number of nitrogens with one attached hydrogen (secondary N) is 1. The molecule has 4 aromatic rings. The number of rotatable bonds is 8. The fourth-order valence-corrected chi connectivity index (χ4v) is 4.58. The van der Waals surface area contributed by atoms with Gasteiger partial charge in [-0.2, -0.15) is 22.0 Å². The van der Waals surface area contributed by atoms with E-state index in [9.17, 15) is 27.1 Å². The molecule has 0 saturated carbocycles. The highest BCUT2D eigenvalue weighted by molar-refractivity contribution is 7.19. The van der Waals surface area contributed by atoms with Crippen molar-refractivity contribution in [3.8, 4) is 10.4 Å². The first-order chi connectivity index (χ1) is 16.6. The van der Waals surface area contributed by atoms with Crippen molar-refractivity contribution in [3.63, 3.8) is 0 Å². The molecule has 4 rings (SSSR count). The average molecular weight is 509 g/mol. The zero-order chi connectivity index (χ0) is 25.2. The first-order valence-corrected chi connectivity index (χ1v) is 11.4. The van der Waals surface area contributed by atoms with Gasteiger partial charge in [-0.05, 0) is 47.2 Å². The molecule has 0 saturated heterocycles. The molecule has 4 N–H and O–H groups in total. The molecule has 35 heavy (non-hydrogen) atoms. The molecule has 0 aliphatic heterocycles. The quantitative estimate of drug-likeness (QED) is 0.276. The van der Waals surface area contributed by atoms with Gasteiger partial charge < -0.3 is 16.2 Å². The molecule has 2 aromatic carbocycles. The summed E-state index contributed by atoms with van der Waals surface area (Å²) in [5.41, 5.74) is 5.95. The SMILES string of the molecule is NC(CNc1nc(C(F)(F)CO)c(-c2ccc3cnccc3c2)s1)Cc1ccc(C(F)(F)F)cc1. The number of halogens is 5. The van der Waals surface area contributed by atoms with E-state index < -0.39 is 36.0 Å². The van der Waals surface area contributed by atoms with Crippen LogP contribution in [0.4, 0.5) is 27.1 Å². The van der Waals surface area contributed by atoms with Crippen molar-refractivity contribution in [2.24, 2.45) is 5.73 Å². The van der Waals surface area contributed by atoms with E-state index in [0.29, 0.717) is 11.1 Å². The molecule has 2 heterocycles. The molecule has 2 aromatic heterocycles. The predicted molar refractivity (Wildman–Crippen MR) is 125 cm³/mol. The summed E-state index contributed by atoms with van der Waals surface area (Å²) >= 11 is 1.01. The molecule has 0 amide bonds. The summed E-state index contributed by atoms with van der Waals surface area (Å²) in [7, 11) is 0. The number of pyridine rings is 1. The van der Waals surface area contributed by atoms with Gasteiger partial charge in [0.2, 0.25) is 0 Å². The van der Waals surface area contributed by atoms with Gasteiger partial charge in [0.15, 0.2) is 5.13 Å². The van der Waals surface area contributed by atoms with Gasteiger partial charge in [-0.25, -0.2) is 4.98 Å². The van der Waals surface area contributed by atoms with Crippen molar-refractivity contribution in [2.45, 2.75) is 24.6 Å². The lowest BCUT2D eigenvalue weighted by atomic mass is 10.0. The third-order valence-electron chi connectivity index (χ3n) is 5.37. The topological polar surface area (TPSA) is 84.1 Å². The van der Waals surface area contributed by atoms with Gasteiger partial charge in [-0.3, -0.25) is 4.98 Å². The van der Waals surface area contributed by atoms with E-state index in [1.54, 1.807) is 36.7 Å². The van der Waals surface area contributed by atoms with Crippen molar-refractivity contribution < 1.29 is 27.1 Å². The maximum Gasteiger partial charge on any atom is 0.416 e. The fourth-order valence-electron chi connectivity index (χ4n) is 3.56. The number of aliphatic hydroxyl groups excluding tert-OH is 1. The number of hydrogen-bond acceptors (Lipinski definition) is 6. The molecule has 0 bridgehead atoms. The van der Waals surface area contributed by atoms with Crippen LogP contribution in [0, 0.1) is 0 Å². The van der Waals surface area contributed by atoms with Crippen LogP contribution in [0.25, 0.3) is 21.2 Å². The van der Waals surface area contributed by atoms with Crippen LogP contribution in [-0.4, -0.2) is 34.3 Å². The molecule has 0 radical (unpaired) electrons. The monoisotopic (exact) mass is 508 g/mol. The summed E-state index contributed by atoms with van der Waals surface area (Å²) in [6.45, 7) is -1.24. The molecule has 5 nitrogen and oxygen atoms in total. The second-order valence-corrected chi connectivity index (χ2v) is 9.04. The number of hydrogen-bond donors (Lipinski definition) is 3. The Balaban J connectivity index is 1.52. The van der Waals surface area contributed by atoms with Crippen LogP contribution < -0.4 is 11.1 Å². The first kappa shape index (κ1) is 25.0. The van der Waals surface area contributed by atoms with E-state index in [2.05, 4.69) is 15.3 Å². The lowest BCUT2D eigenvalue weighted by molar-refractivity contribution is -0.137. The Morgan fingerprint density at radius 2 is 1.74 bits per heavy atom. The van der Waals surface area contributed by atoms with Crippen molar-refractivity contribution in [1.29, 1.82) is 0 Å². The van der Waals surface area contributed by atoms with Gasteiger partial charge in [0.1, 0.15) is 12.3 Å². The number of nitrogens with two attached hydrogens (primary N) is 1. The zero-order valence-electron chi connectivity index (χ0n) is 18.2. The Labute approximate surface area is 201 Å². The Kier molecular flexibility index (Phi) is 7.02. The summed E-state index contributed by atoms with van der Waals surface area (Å²) in [5.74, 6) is -3.55. The van der Waals surface area contributed by atoms with Crippen LogP contribution in [0.15, 0.2) is 60.9 Å².